The molecule has 1 aliphatic heterocycles. The van der Waals surface area contributed by atoms with Gasteiger partial charge in [0.25, 0.3) is 6.01 Å². The molecule has 2 aromatic rings. The van der Waals surface area contributed by atoms with E-state index >= 15 is 0 Å². The van der Waals surface area contributed by atoms with Gasteiger partial charge in [0.2, 0.25) is 0 Å². The third-order valence-electron chi connectivity index (χ3n) is 5.38. The summed E-state index contributed by atoms with van der Waals surface area (Å²) in [5.74, 6) is 1.14. The Labute approximate surface area is 159 Å². The second-order valence-electron chi connectivity index (χ2n) is 7.53. The van der Waals surface area contributed by atoms with Crippen LogP contribution in [0.1, 0.15) is 51.4 Å². The molecule has 0 radical (unpaired) electrons. The Morgan fingerprint density at radius 1 is 1.15 bits per heavy atom. The van der Waals surface area contributed by atoms with E-state index in [4.69, 9.17) is 19.9 Å². The number of ether oxygens (including phenoxy) is 3. The van der Waals surface area contributed by atoms with Crippen molar-refractivity contribution in [1.29, 1.82) is 0 Å². The minimum Gasteiger partial charge on any atom is -0.468 e. The van der Waals surface area contributed by atoms with Crippen LogP contribution in [0, 0.1) is 5.92 Å². The zero-order valence-electron chi connectivity index (χ0n) is 16.0. The van der Waals surface area contributed by atoms with Crippen LogP contribution in [-0.4, -0.2) is 45.9 Å². The lowest BCUT2D eigenvalue weighted by atomic mass is 10.1. The summed E-state index contributed by atoms with van der Waals surface area (Å²) < 4.78 is 18.8. The highest BCUT2D eigenvalue weighted by Crippen LogP contribution is 2.32. The quantitative estimate of drug-likeness (QED) is 0.638. The second-order valence-corrected chi connectivity index (χ2v) is 7.53. The number of nitrogens with zero attached hydrogens (tertiary/aromatic N) is 4. The number of nitrogen functional groups attached to an aromatic ring is 1. The van der Waals surface area contributed by atoms with Crippen LogP contribution in [0.4, 0.5) is 5.82 Å². The summed E-state index contributed by atoms with van der Waals surface area (Å²) in [6.45, 7) is 2.30. The molecule has 27 heavy (non-hydrogen) atoms. The summed E-state index contributed by atoms with van der Waals surface area (Å²) in [5.41, 5.74) is 7.34. The number of imidazole rings is 1. The van der Waals surface area contributed by atoms with E-state index in [2.05, 4.69) is 15.0 Å². The van der Waals surface area contributed by atoms with E-state index in [0.29, 0.717) is 41.7 Å². The SMILES string of the molecule is COc1nc2c(N)nc(OCCC3CC3)nc2n1CCCCC1CCCO1. The first-order chi connectivity index (χ1) is 13.2. The van der Waals surface area contributed by atoms with Crippen molar-refractivity contribution in [2.75, 3.05) is 26.1 Å². The Balaban J connectivity index is 1.44. The zero-order valence-corrected chi connectivity index (χ0v) is 16.0. The van der Waals surface area contributed by atoms with Crippen LogP contribution in [0.5, 0.6) is 12.0 Å². The summed E-state index contributed by atoms with van der Waals surface area (Å²) in [5, 5.41) is 0. The maximum atomic E-state index is 6.10. The van der Waals surface area contributed by atoms with E-state index in [0.717, 1.165) is 44.8 Å². The van der Waals surface area contributed by atoms with E-state index in [9.17, 15) is 0 Å². The van der Waals surface area contributed by atoms with Crippen molar-refractivity contribution in [2.24, 2.45) is 5.92 Å². The molecule has 8 heteroatoms. The number of hydrogen-bond donors (Lipinski definition) is 1. The van der Waals surface area contributed by atoms with Gasteiger partial charge in [0.15, 0.2) is 17.0 Å². The molecule has 2 aromatic heterocycles. The number of unbranched alkanes of at least 4 members (excludes halogenated alkanes) is 1. The van der Waals surface area contributed by atoms with Crippen LogP contribution < -0.4 is 15.2 Å². The predicted octanol–water partition coefficient (Wildman–Crippen LogP) is 2.95. The lowest BCUT2D eigenvalue weighted by Crippen LogP contribution is -2.08. The fourth-order valence-corrected chi connectivity index (χ4v) is 3.64. The average Bonchev–Trinajstić information content (AvgIpc) is 3.20. The summed E-state index contributed by atoms with van der Waals surface area (Å²) in [4.78, 5) is 13.3. The van der Waals surface area contributed by atoms with Gasteiger partial charge in [-0.3, -0.25) is 4.57 Å². The van der Waals surface area contributed by atoms with Crippen LogP contribution in [-0.2, 0) is 11.3 Å². The van der Waals surface area contributed by atoms with Gasteiger partial charge < -0.3 is 19.9 Å². The zero-order chi connectivity index (χ0) is 18.6. The van der Waals surface area contributed by atoms with Gasteiger partial charge in [-0.15, -0.1) is 0 Å². The molecule has 1 saturated heterocycles. The maximum Gasteiger partial charge on any atom is 0.320 e. The molecular weight excluding hydrogens is 346 g/mol. The molecule has 2 aliphatic rings. The third-order valence-corrected chi connectivity index (χ3v) is 5.38. The van der Waals surface area contributed by atoms with E-state index in [-0.39, 0.29) is 0 Å². The topological polar surface area (TPSA) is 97.3 Å². The van der Waals surface area contributed by atoms with Gasteiger partial charge in [0, 0.05) is 13.2 Å². The number of anilines is 1. The highest BCUT2D eigenvalue weighted by molar-refractivity contribution is 5.83. The van der Waals surface area contributed by atoms with Crippen LogP contribution in [0.3, 0.4) is 0 Å². The Bertz CT molecular complexity index is 768. The van der Waals surface area contributed by atoms with Crippen LogP contribution in [0.15, 0.2) is 0 Å². The van der Waals surface area contributed by atoms with Gasteiger partial charge in [-0.05, 0) is 44.4 Å². The van der Waals surface area contributed by atoms with Gasteiger partial charge in [-0.2, -0.15) is 15.0 Å². The van der Waals surface area contributed by atoms with Crippen molar-refractivity contribution in [3.8, 4) is 12.0 Å². The fourth-order valence-electron chi connectivity index (χ4n) is 3.64. The van der Waals surface area contributed by atoms with Gasteiger partial charge in [-0.1, -0.05) is 12.8 Å². The molecule has 0 aromatic carbocycles. The van der Waals surface area contributed by atoms with E-state index in [1.54, 1.807) is 7.11 Å². The number of aryl methyl sites for hydroxylation is 1. The molecule has 1 saturated carbocycles. The molecule has 148 valence electrons. The molecule has 2 N–H and O–H groups in total. The standard InChI is InChI=1S/C19H29N5O3/c1-25-19-21-15-16(20)22-18(27-12-9-13-7-8-13)23-17(15)24(19)10-3-2-5-14-6-4-11-26-14/h13-14H,2-12H2,1H3,(H2,20,22,23). The smallest absolute Gasteiger partial charge is 0.320 e. The fraction of sp³-hybridized carbons (Fsp3) is 0.737. The first-order valence-corrected chi connectivity index (χ1v) is 10.1. The number of fused-ring (bicyclic) bond motifs is 1. The van der Waals surface area contributed by atoms with Crippen molar-refractivity contribution >= 4 is 17.0 Å². The lowest BCUT2D eigenvalue weighted by molar-refractivity contribution is 0.102. The highest BCUT2D eigenvalue weighted by atomic mass is 16.5. The average molecular weight is 375 g/mol. The third kappa shape index (κ3) is 4.43. The summed E-state index contributed by atoms with van der Waals surface area (Å²) in [6, 6.07) is 0.835. The largest absolute Gasteiger partial charge is 0.468 e. The number of aromatic nitrogens is 4. The Kier molecular flexibility index (Phi) is 5.61. The van der Waals surface area contributed by atoms with Crippen molar-refractivity contribution in [1.82, 2.24) is 19.5 Å². The molecule has 8 nitrogen and oxygen atoms in total. The Hall–Kier alpha value is -2.09. The summed E-state index contributed by atoms with van der Waals surface area (Å²) in [6.07, 6.45) is 9.66. The molecule has 0 amide bonds. The first-order valence-electron chi connectivity index (χ1n) is 10.1. The van der Waals surface area contributed by atoms with Crippen molar-refractivity contribution < 1.29 is 14.2 Å². The number of nitrogens with two attached hydrogens (primary N) is 1. The monoisotopic (exact) mass is 375 g/mol. The minimum absolute atomic E-state index is 0.323. The maximum absolute atomic E-state index is 6.10. The molecule has 4 rings (SSSR count). The Morgan fingerprint density at radius 2 is 2.04 bits per heavy atom. The van der Waals surface area contributed by atoms with Crippen molar-refractivity contribution in [2.45, 2.75) is 64.0 Å². The highest BCUT2D eigenvalue weighted by Gasteiger charge is 2.22. The molecular formula is C19H29N5O3. The van der Waals surface area contributed by atoms with Gasteiger partial charge in [-0.25, -0.2) is 0 Å². The van der Waals surface area contributed by atoms with Gasteiger partial charge in [0.1, 0.15) is 0 Å². The van der Waals surface area contributed by atoms with Crippen LogP contribution >= 0.6 is 0 Å². The summed E-state index contributed by atoms with van der Waals surface area (Å²) in [7, 11) is 1.61. The van der Waals surface area contributed by atoms with Gasteiger partial charge in [0.05, 0.1) is 19.8 Å². The van der Waals surface area contributed by atoms with E-state index in [1.165, 1.54) is 25.7 Å². The normalized spacial score (nSPS) is 19.7. The summed E-state index contributed by atoms with van der Waals surface area (Å²) >= 11 is 0. The molecule has 1 aliphatic carbocycles. The van der Waals surface area contributed by atoms with Crippen LogP contribution in [0.25, 0.3) is 11.2 Å². The molecule has 3 heterocycles. The van der Waals surface area contributed by atoms with Crippen LogP contribution in [0.2, 0.25) is 0 Å². The van der Waals surface area contributed by atoms with Gasteiger partial charge >= 0.3 is 6.01 Å². The van der Waals surface area contributed by atoms with Crippen molar-refractivity contribution in [3.63, 3.8) is 0 Å². The minimum atomic E-state index is 0.323. The second kappa shape index (κ2) is 8.29. The Morgan fingerprint density at radius 3 is 2.78 bits per heavy atom. The molecule has 1 atom stereocenters. The first kappa shape index (κ1) is 18.3. The number of hydrogen-bond acceptors (Lipinski definition) is 7. The van der Waals surface area contributed by atoms with E-state index in [1.807, 2.05) is 4.57 Å². The molecule has 1 unspecified atom stereocenters. The van der Waals surface area contributed by atoms with E-state index < -0.39 is 0 Å². The number of rotatable bonds is 10. The predicted molar refractivity (Wildman–Crippen MR) is 102 cm³/mol. The molecule has 2 fully saturated rings. The number of methoxy groups -OCH3 is 1. The lowest BCUT2D eigenvalue weighted by Gasteiger charge is -2.10. The molecule has 0 bridgehead atoms. The molecule has 0 spiro atoms. The van der Waals surface area contributed by atoms with Crippen molar-refractivity contribution in [3.05, 3.63) is 0 Å².